The summed E-state index contributed by atoms with van der Waals surface area (Å²) in [6.45, 7) is 0. The van der Waals surface area contributed by atoms with Crippen LogP contribution in [0.1, 0.15) is 17.7 Å². The molecule has 2 N–H and O–H groups in total. The standard InChI is InChI=1S/C8H6ClF2N3/c9-5-4(1-2-12)3-14-7(6(5)13)8(10)11/h3,8H,1,13H2. The highest BCUT2D eigenvalue weighted by molar-refractivity contribution is 6.34. The summed E-state index contributed by atoms with van der Waals surface area (Å²) >= 11 is 5.67. The first-order valence-electron chi connectivity index (χ1n) is 3.65. The van der Waals surface area contributed by atoms with Gasteiger partial charge in [0.1, 0.15) is 5.69 Å². The lowest BCUT2D eigenvalue weighted by atomic mass is 10.2. The molecule has 0 aliphatic carbocycles. The van der Waals surface area contributed by atoms with Gasteiger partial charge in [-0.3, -0.25) is 4.98 Å². The summed E-state index contributed by atoms with van der Waals surface area (Å²) in [6, 6.07) is 1.83. The predicted octanol–water partition coefficient (Wildman–Crippen LogP) is 2.32. The monoisotopic (exact) mass is 217 g/mol. The molecule has 0 bridgehead atoms. The van der Waals surface area contributed by atoms with Gasteiger partial charge in [0.15, 0.2) is 0 Å². The Morgan fingerprint density at radius 2 is 2.29 bits per heavy atom. The van der Waals surface area contributed by atoms with Crippen LogP contribution in [-0.4, -0.2) is 4.98 Å². The number of nitrogen functional groups attached to an aromatic ring is 1. The van der Waals surface area contributed by atoms with E-state index in [4.69, 9.17) is 22.6 Å². The molecule has 0 spiro atoms. The van der Waals surface area contributed by atoms with Gasteiger partial charge in [-0.25, -0.2) is 8.78 Å². The minimum absolute atomic E-state index is 0.000445. The van der Waals surface area contributed by atoms with Crippen LogP contribution >= 0.6 is 11.6 Å². The Balaban J connectivity index is 3.20. The van der Waals surface area contributed by atoms with E-state index in [1.807, 2.05) is 6.07 Å². The van der Waals surface area contributed by atoms with E-state index in [2.05, 4.69) is 4.98 Å². The van der Waals surface area contributed by atoms with Crippen LogP contribution in [0.4, 0.5) is 14.5 Å². The Morgan fingerprint density at radius 1 is 1.64 bits per heavy atom. The summed E-state index contributed by atoms with van der Waals surface area (Å²) < 4.78 is 24.5. The van der Waals surface area contributed by atoms with E-state index in [-0.39, 0.29) is 17.1 Å². The Bertz CT molecular complexity index is 387. The van der Waals surface area contributed by atoms with Crippen LogP contribution in [-0.2, 0) is 6.42 Å². The van der Waals surface area contributed by atoms with Crippen molar-refractivity contribution < 1.29 is 8.78 Å². The maximum absolute atomic E-state index is 12.3. The summed E-state index contributed by atoms with van der Waals surface area (Å²) in [6.07, 6.45) is -1.62. The lowest BCUT2D eigenvalue weighted by Crippen LogP contribution is -2.02. The molecule has 1 aromatic rings. The topological polar surface area (TPSA) is 62.7 Å². The highest BCUT2D eigenvalue weighted by atomic mass is 35.5. The molecule has 14 heavy (non-hydrogen) atoms. The Labute approximate surface area is 84.1 Å². The summed E-state index contributed by atoms with van der Waals surface area (Å²) in [4.78, 5) is 3.45. The van der Waals surface area contributed by atoms with Gasteiger partial charge in [0.05, 0.1) is 23.2 Å². The zero-order valence-electron chi connectivity index (χ0n) is 6.97. The van der Waals surface area contributed by atoms with E-state index in [1.54, 1.807) is 0 Å². The van der Waals surface area contributed by atoms with Crippen molar-refractivity contribution in [2.75, 3.05) is 5.73 Å². The van der Waals surface area contributed by atoms with Gasteiger partial charge in [-0.1, -0.05) is 11.6 Å². The first kappa shape index (κ1) is 10.7. The molecule has 0 unspecified atom stereocenters. The highest BCUT2D eigenvalue weighted by Crippen LogP contribution is 2.31. The number of hydrogen-bond donors (Lipinski definition) is 1. The van der Waals surface area contributed by atoms with Crippen molar-refractivity contribution in [3.8, 4) is 6.07 Å². The lowest BCUT2D eigenvalue weighted by Gasteiger charge is -2.07. The molecule has 0 saturated carbocycles. The number of nitrogens with zero attached hydrogens (tertiary/aromatic N) is 2. The second kappa shape index (κ2) is 4.20. The number of anilines is 1. The molecule has 3 nitrogen and oxygen atoms in total. The van der Waals surface area contributed by atoms with Crippen LogP contribution in [0.2, 0.25) is 5.02 Å². The van der Waals surface area contributed by atoms with E-state index in [0.717, 1.165) is 6.20 Å². The van der Waals surface area contributed by atoms with Crippen LogP contribution in [0.25, 0.3) is 0 Å². The van der Waals surface area contributed by atoms with Crippen molar-refractivity contribution >= 4 is 17.3 Å². The molecule has 0 aliphatic heterocycles. The fraction of sp³-hybridized carbons (Fsp3) is 0.250. The number of rotatable bonds is 2. The van der Waals surface area contributed by atoms with Crippen molar-refractivity contribution in [3.05, 3.63) is 22.5 Å². The minimum Gasteiger partial charge on any atom is -0.396 e. The zero-order valence-corrected chi connectivity index (χ0v) is 7.72. The quantitative estimate of drug-likeness (QED) is 0.827. The van der Waals surface area contributed by atoms with Gasteiger partial charge < -0.3 is 5.73 Å². The van der Waals surface area contributed by atoms with E-state index < -0.39 is 12.1 Å². The first-order chi connectivity index (χ1) is 6.57. The Morgan fingerprint density at radius 3 is 2.79 bits per heavy atom. The molecule has 0 saturated heterocycles. The number of alkyl halides is 2. The predicted molar refractivity (Wildman–Crippen MR) is 47.9 cm³/mol. The number of halogens is 3. The fourth-order valence-electron chi connectivity index (χ4n) is 0.941. The third-order valence-corrected chi connectivity index (χ3v) is 2.08. The van der Waals surface area contributed by atoms with Crippen molar-refractivity contribution in [3.63, 3.8) is 0 Å². The fourth-order valence-corrected chi connectivity index (χ4v) is 1.15. The molecule has 1 heterocycles. The Kier molecular flexibility index (Phi) is 3.20. The number of aromatic nitrogens is 1. The third-order valence-electron chi connectivity index (χ3n) is 1.63. The minimum atomic E-state index is -2.76. The van der Waals surface area contributed by atoms with Crippen LogP contribution in [0.5, 0.6) is 0 Å². The van der Waals surface area contributed by atoms with Crippen LogP contribution in [0, 0.1) is 11.3 Å². The average Bonchev–Trinajstić information content (AvgIpc) is 2.13. The van der Waals surface area contributed by atoms with Gasteiger partial charge in [-0.05, 0) is 0 Å². The second-order valence-electron chi connectivity index (χ2n) is 2.53. The van der Waals surface area contributed by atoms with Crippen LogP contribution in [0.15, 0.2) is 6.20 Å². The summed E-state index contributed by atoms with van der Waals surface area (Å²) in [7, 11) is 0. The van der Waals surface area contributed by atoms with Crippen molar-refractivity contribution in [2.24, 2.45) is 0 Å². The maximum atomic E-state index is 12.3. The van der Waals surface area contributed by atoms with Crippen molar-refractivity contribution in [2.45, 2.75) is 12.8 Å². The maximum Gasteiger partial charge on any atom is 0.282 e. The zero-order chi connectivity index (χ0) is 10.7. The van der Waals surface area contributed by atoms with Crippen LogP contribution < -0.4 is 5.73 Å². The van der Waals surface area contributed by atoms with Crippen LogP contribution in [0.3, 0.4) is 0 Å². The summed E-state index contributed by atoms with van der Waals surface area (Å²) in [5.74, 6) is 0. The van der Waals surface area contributed by atoms with Gasteiger partial charge in [0, 0.05) is 11.8 Å². The molecular formula is C8H6ClF2N3. The number of nitrogens with two attached hydrogens (primary N) is 1. The molecule has 0 aliphatic rings. The second-order valence-corrected chi connectivity index (χ2v) is 2.91. The molecule has 0 fully saturated rings. The van der Waals surface area contributed by atoms with E-state index in [0.29, 0.717) is 5.56 Å². The van der Waals surface area contributed by atoms with Gasteiger partial charge in [-0.15, -0.1) is 0 Å². The van der Waals surface area contributed by atoms with Gasteiger partial charge in [0.25, 0.3) is 6.43 Å². The molecule has 1 aromatic heterocycles. The van der Waals surface area contributed by atoms with Gasteiger partial charge in [0.2, 0.25) is 0 Å². The summed E-state index contributed by atoms with van der Waals surface area (Å²) in [5, 5.41) is 8.37. The molecule has 0 atom stereocenters. The van der Waals surface area contributed by atoms with Gasteiger partial charge >= 0.3 is 0 Å². The molecule has 74 valence electrons. The third kappa shape index (κ3) is 1.91. The molecule has 0 aromatic carbocycles. The van der Waals surface area contributed by atoms with E-state index in [1.165, 1.54) is 0 Å². The SMILES string of the molecule is N#CCc1cnc(C(F)F)c(N)c1Cl. The van der Waals surface area contributed by atoms with Crippen molar-refractivity contribution in [1.82, 2.24) is 4.98 Å². The van der Waals surface area contributed by atoms with Gasteiger partial charge in [-0.2, -0.15) is 5.26 Å². The largest absolute Gasteiger partial charge is 0.396 e. The first-order valence-corrected chi connectivity index (χ1v) is 4.03. The number of nitriles is 1. The smallest absolute Gasteiger partial charge is 0.282 e. The highest BCUT2D eigenvalue weighted by Gasteiger charge is 2.17. The molecule has 0 radical (unpaired) electrons. The van der Waals surface area contributed by atoms with E-state index >= 15 is 0 Å². The number of hydrogen-bond acceptors (Lipinski definition) is 3. The molecule has 6 heteroatoms. The molecule has 1 rings (SSSR count). The molecular weight excluding hydrogens is 212 g/mol. The molecule has 0 amide bonds. The lowest BCUT2D eigenvalue weighted by molar-refractivity contribution is 0.147. The van der Waals surface area contributed by atoms with Crippen molar-refractivity contribution in [1.29, 1.82) is 5.26 Å². The summed E-state index contributed by atoms with van der Waals surface area (Å²) in [5.41, 5.74) is 4.89. The van der Waals surface area contributed by atoms with E-state index in [9.17, 15) is 8.78 Å². The Hall–Kier alpha value is -1.41. The number of pyridine rings is 1. The average molecular weight is 218 g/mol. The normalized spacial score (nSPS) is 10.2.